The number of thiophene rings is 1. The second-order valence-corrected chi connectivity index (χ2v) is 6.05. The first-order chi connectivity index (χ1) is 9.26. The highest BCUT2D eigenvalue weighted by Crippen LogP contribution is 2.25. The molecule has 0 saturated heterocycles. The summed E-state index contributed by atoms with van der Waals surface area (Å²) in [6, 6.07) is 2.06. The van der Waals surface area contributed by atoms with Gasteiger partial charge in [0.1, 0.15) is 21.5 Å². The fourth-order valence-electron chi connectivity index (χ4n) is 1.90. The van der Waals surface area contributed by atoms with Gasteiger partial charge in [0.25, 0.3) is 0 Å². The third-order valence-electron chi connectivity index (χ3n) is 2.69. The van der Waals surface area contributed by atoms with Crippen molar-refractivity contribution in [2.24, 2.45) is 0 Å². The van der Waals surface area contributed by atoms with Crippen LogP contribution in [0.3, 0.4) is 0 Å². The molecule has 0 saturated carbocycles. The van der Waals surface area contributed by atoms with Crippen molar-refractivity contribution in [1.29, 1.82) is 0 Å². The van der Waals surface area contributed by atoms with Gasteiger partial charge in [0, 0.05) is 17.6 Å². The highest BCUT2D eigenvalue weighted by atomic mass is 32.1. The monoisotopic (exact) mass is 290 g/mol. The number of rotatable bonds is 4. The molecular weight excluding hydrogens is 276 g/mol. The average molecular weight is 290 g/mol. The van der Waals surface area contributed by atoms with Crippen molar-refractivity contribution < 1.29 is 0 Å². The second-order valence-electron chi connectivity index (χ2n) is 4.22. The molecule has 0 atom stereocenters. The van der Waals surface area contributed by atoms with E-state index in [9.17, 15) is 0 Å². The van der Waals surface area contributed by atoms with Gasteiger partial charge in [0.05, 0.1) is 11.8 Å². The molecule has 3 aromatic heterocycles. The van der Waals surface area contributed by atoms with E-state index in [2.05, 4.69) is 44.0 Å². The minimum atomic E-state index is 0.699. The Kier molecular flexibility index (Phi) is 3.44. The highest BCUT2D eigenvalue weighted by molar-refractivity contribution is 7.16. The van der Waals surface area contributed by atoms with E-state index < -0.39 is 0 Å². The SMILES string of the molecule is CCNc1nc(Cc2nc(C)cs2)nc2sccc12. The molecule has 0 bridgehead atoms. The fourth-order valence-corrected chi connectivity index (χ4v) is 3.45. The molecule has 0 aromatic carbocycles. The van der Waals surface area contributed by atoms with Gasteiger partial charge in [-0.05, 0) is 25.3 Å². The lowest BCUT2D eigenvalue weighted by Crippen LogP contribution is -2.04. The molecule has 98 valence electrons. The summed E-state index contributed by atoms with van der Waals surface area (Å²) in [5, 5.41) is 9.59. The van der Waals surface area contributed by atoms with E-state index in [0.29, 0.717) is 6.42 Å². The number of fused-ring (bicyclic) bond motifs is 1. The Morgan fingerprint density at radius 3 is 2.84 bits per heavy atom. The molecule has 19 heavy (non-hydrogen) atoms. The van der Waals surface area contributed by atoms with Crippen molar-refractivity contribution in [3.63, 3.8) is 0 Å². The summed E-state index contributed by atoms with van der Waals surface area (Å²) >= 11 is 3.31. The van der Waals surface area contributed by atoms with Crippen LogP contribution < -0.4 is 5.32 Å². The number of hydrogen-bond acceptors (Lipinski definition) is 6. The number of aryl methyl sites for hydroxylation is 1. The first-order valence-corrected chi connectivity index (χ1v) is 7.91. The Labute approximate surface area is 119 Å². The summed E-state index contributed by atoms with van der Waals surface area (Å²) in [7, 11) is 0. The molecular formula is C13H14N4S2. The molecule has 4 nitrogen and oxygen atoms in total. The number of nitrogens with zero attached hydrogens (tertiary/aromatic N) is 3. The Bertz CT molecular complexity index is 702. The second kappa shape index (κ2) is 5.22. The normalized spacial score (nSPS) is 11.1. The van der Waals surface area contributed by atoms with Crippen LogP contribution in [0, 0.1) is 6.92 Å². The maximum Gasteiger partial charge on any atom is 0.139 e. The standard InChI is InChI=1S/C13H14N4S2/c1-3-14-12-9-4-5-18-13(9)17-10(16-12)6-11-15-8(2)7-19-11/h4-5,7H,3,6H2,1-2H3,(H,14,16,17). The molecule has 0 aliphatic heterocycles. The fraction of sp³-hybridized carbons (Fsp3) is 0.308. The van der Waals surface area contributed by atoms with Crippen molar-refractivity contribution in [1.82, 2.24) is 15.0 Å². The minimum Gasteiger partial charge on any atom is -0.370 e. The third-order valence-corrected chi connectivity index (χ3v) is 4.46. The lowest BCUT2D eigenvalue weighted by molar-refractivity contribution is 0.971. The molecule has 0 aliphatic rings. The summed E-state index contributed by atoms with van der Waals surface area (Å²) in [5.41, 5.74) is 1.06. The zero-order chi connectivity index (χ0) is 13.2. The zero-order valence-corrected chi connectivity index (χ0v) is 12.4. The zero-order valence-electron chi connectivity index (χ0n) is 10.8. The van der Waals surface area contributed by atoms with Crippen LogP contribution in [-0.2, 0) is 6.42 Å². The lowest BCUT2D eigenvalue weighted by Gasteiger charge is -2.06. The molecule has 0 radical (unpaired) electrons. The van der Waals surface area contributed by atoms with E-state index in [0.717, 1.165) is 39.1 Å². The van der Waals surface area contributed by atoms with Crippen LogP contribution in [0.1, 0.15) is 23.4 Å². The Balaban J connectivity index is 1.98. The van der Waals surface area contributed by atoms with Crippen LogP contribution in [0.25, 0.3) is 10.2 Å². The molecule has 0 spiro atoms. The van der Waals surface area contributed by atoms with Gasteiger partial charge in [-0.3, -0.25) is 0 Å². The molecule has 0 amide bonds. The van der Waals surface area contributed by atoms with E-state index in [1.165, 1.54) is 0 Å². The molecule has 0 fully saturated rings. The van der Waals surface area contributed by atoms with Crippen LogP contribution in [0.2, 0.25) is 0 Å². The van der Waals surface area contributed by atoms with Crippen LogP contribution in [-0.4, -0.2) is 21.5 Å². The third kappa shape index (κ3) is 2.59. The van der Waals surface area contributed by atoms with Gasteiger partial charge in [0.2, 0.25) is 0 Å². The van der Waals surface area contributed by atoms with Crippen molar-refractivity contribution in [2.45, 2.75) is 20.3 Å². The predicted molar refractivity (Wildman–Crippen MR) is 81.2 cm³/mol. The van der Waals surface area contributed by atoms with Crippen molar-refractivity contribution in [2.75, 3.05) is 11.9 Å². The van der Waals surface area contributed by atoms with Gasteiger partial charge < -0.3 is 5.32 Å². The summed E-state index contributed by atoms with van der Waals surface area (Å²) in [6.45, 7) is 4.94. The predicted octanol–water partition coefficient (Wildman–Crippen LogP) is 3.48. The topological polar surface area (TPSA) is 50.7 Å². The van der Waals surface area contributed by atoms with Crippen molar-refractivity contribution >= 4 is 38.7 Å². The summed E-state index contributed by atoms with van der Waals surface area (Å²) < 4.78 is 0. The first-order valence-electron chi connectivity index (χ1n) is 6.15. The number of nitrogens with one attached hydrogen (secondary N) is 1. The van der Waals surface area contributed by atoms with Crippen LogP contribution >= 0.6 is 22.7 Å². The van der Waals surface area contributed by atoms with E-state index in [1.54, 1.807) is 22.7 Å². The van der Waals surface area contributed by atoms with E-state index >= 15 is 0 Å². The molecule has 0 aliphatic carbocycles. The van der Waals surface area contributed by atoms with E-state index in [1.807, 2.05) is 6.92 Å². The van der Waals surface area contributed by atoms with Gasteiger partial charge >= 0.3 is 0 Å². The van der Waals surface area contributed by atoms with Gasteiger partial charge in [-0.25, -0.2) is 15.0 Å². The van der Waals surface area contributed by atoms with Crippen LogP contribution in [0.4, 0.5) is 5.82 Å². The molecule has 6 heteroatoms. The van der Waals surface area contributed by atoms with Crippen molar-refractivity contribution in [3.05, 3.63) is 33.4 Å². The van der Waals surface area contributed by atoms with Crippen LogP contribution in [0.15, 0.2) is 16.8 Å². The molecule has 3 heterocycles. The largest absolute Gasteiger partial charge is 0.370 e. The molecule has 3 rings (SSSR count). The van der Waals surface area contributed by atoms with Gasteiger partial charge in [0.15, 0.2) is 0 Å². The van der Waals surface area contributed by atoms with Crippen LogP contribution in [0.5, 0.6) is 0 Å². The average Bonchev–Trinajstić information content (AvgIpc) is 2.99. The summed E-state index contributed by atoms with van der Waals surface area (Å²) in [6.07, 6.45) is 0.699. The highest BCUT2D eigenvalue weighted by Gasteiger charge is 2.10. The van der Waals surface area contributed by atoms with Crippen molar-refractivity contribution in [3.8, 4) is 0 Å². The summed E-state index contributed by atoms with van der Waals surface area (Å²) in [5.74, 6) is 1.76. The number of thiazole rings is 1. The Morgan fingerprint density at radius 1 is 1.21 bits per heavy atom. The quantitative estimate of drug-likeness (QED) is 0.799. The summed E-state index contributed by atoms with van der Waals surface area (Å²) in [4.78, 5) is 14.7. The molecule has 3 aromatic rings. The smallest absolute Gasteiger partial charge is 0.139 e. The molecule has 1 N–H and O–H groups in total. The van der Waals surface area contributed by atoms with E-state index in [-0.39, 0.29) is 0 Å². The lowest BCUT2D eigenvalue weighted by atomic mass is 10.3. The Morgan fingerprint density at radius 2 is 2.11 bits per heavy atom. The van der Waals surface area contributed by atoms with Gasteiger partial charge in [-0.15, -0.1) is 22.7 Å². The van der Waals surface area contributed by atoms with E-state index in [4.69, 9.17) is 0 Å². The maximum absolute atomic E-state index is 4.62. The maximum atomic E-state index is 4.62. The van der Waals surface area contributed by atoms with Gasteiger partial charge in [-0.2, -0.15) is 0 Å². The number of hydrogen-bond donors (Lipinski definition) is 1. The molecule has 0 unspecified atom stereocenters. The number of anilines is 1. The number of aromatic nitrogens is 3. The minimum absolute atomic E-state index is 0.699. The van der Waals surface area contributed by atoms with Gasteiger partial charge in [-0.1, -0.05) is 0 Å². The Hall–Kier alpha value is -1.53. The first kappa shape index (κ1) is 12.5.